The Kier molecular flexibility index (Phi) is 5.59. The standard InChI is InChI=1S/C10H17NO4/c1-4-7-10(6-3,11(13)14)8-15-9(12)5-2/h5H,2,4,6-8H2,1,3H3. The van der Waals surface area contributed by atoms with Crippen LogP contribution in [-0.4, -0.2) is 23.0 Å². The Hall–Kier alpha value is -1.39. The van der Waals surface area contributed by atoms with Crippen LogP contribution in [0, 0.1) is 10.1 Å². The fourth-order valence-electron chi connectivity index (χ4n) is 1.35. The molecule has 0 saturated heterocycles. The lowest BCUT2D eigenvalue weighted by molar-refractivity contribution is -0.575. The van der Waals surface area contributed by atoms with Crippen LogP contribution in [0.25, 0.3) is 0 Å². The molecule has 0 aromatic rings. The van der Waals surface area contributed by atoms with E-state index in [0.29, 0.717) is 19.3 Å². The Morgan fingerprint density at radius 2 is 2.20 bits per heavy atom. The lowest BCUT2D eigenvalue weighted by Crippen LogP contribution is -2.43. The summed E-state index contributed by atoms with van der Waals surface area (Å²) < 4.78 is 4.76. The minimum Gasteiger partial charge on any atom is -0.455 e. The lowest BCUT2D eigenvalue weighted by atomic mass is 9.92. The summed E-state index contributed by atoms with van der Waals surface area (Å²) >= 11 is 0. The second-order valence-electron chi connectivity index (χ2n) is 3.40. The molecule has 0 spiro atoms. The molecular weight excluding hydrogens is 198 g/mol. The van der Waals surface area contributed by atoms with E-state index in [1.165, 1.54) is 0 Å². The zero-order chi connectivity index (χ0) is 11.9. The Labute approximate surface area is 89.3 Å². The SMILES string of the molecule is C=CC(=O)OCC(CC)(CCC)[N+](=O)[O-]. The van der Waals surface area contributed by atoms with E-state index < -0.39 is 11.5 Å². The first-order valence-electron chi connectivity index (χ1n) is 4.96. The maximum atomic E-state index is 10.9. The van der Waals surface area contributed by atoms with Gasteiger partial charge in [0.05, 0.1) is 0 Å². The predicted molar refractivity (Wildman–Crippen MR) is 56.1 cm³/mol. The molecule has 0 bridgehead atoms. The molecule has 1 unspecified atom stereocenters. The molecule has 0 heterocycles. The summed E-state index contributed by atoms with van der Waals surface area (Å²) in [7, 11) is 0. The summed E-state index contributed by atoms with van der Waals surface area (Å²) in [5.74, 6) is -0.620. The zero-order valence-electron chi connectivity index (χ0n) is 9.19. The topological polar surface area (TPSA) is 69.4 Å². The van der Waals surface area contributed by atoms with E-state index in [0.717, 1.165) is 6.08 Å². The molecule has 0 saturated carbocycles. The van der Waals surface area contributed by atoms with Gasteiger partial charge in [0.15, 0.2) is 6.61 Å². The van der Waals surface area contributed by atoms with Gasteiger partial charge in [-0.05, 0) is 6.42 Å². The third-order valence-electron chi connectivity index (χ3n) is 2.41. The van der Waals surface area contributed by atoms with Crippen molar-refractivity contribution in [2.24, 2.45) is 0 Å². The highest BCUT2D eigenvalue weighted by Crippen LogP contribution is 2.22. The van der Waals surface area contributed by atoms with Crippen LogP contribution < -0.4 is 0 Å². The first-order chi connectivity index (χ1) is 7.02. The van der Waals surface area contributed by atoms with Crippen molar-refractivity contribution in [1.82, 2.24) is 0 Å². The van der Waals surface area contributed by atoms with Gasteiger partial charge in [0.2, 0.25) is 0 Å². The largest absolute Gasteiger partial charge is 0.455 e. The van der Waals surface area contributed by atoms with Crippen LogP contribution in [0.2, 0.25) is 0 Å². The number of carbonyl (C=O) groups is 1. The van der Waals surface area contributed by atoms with Gasteiger partial charge in [-0.2, -0.15) is 0 Å². The van der Waals surface area contributed by atoms with Crippen LogP contribution in [0.15, 0.2) is 12.7 Å². The molecule has 86 valence electrons. The molecule has 1 atom stereocenters. The number of hydrogen-bond acceptors (Lipinski definition) is 4. The van der Waals surface area contributed by atoms with Gasteiger partial charge >= 0.3 is 5.97 Å². The van der Waals surface area contributed by atoms with Crippen LogP contribution in [-0.2, 0) is 9.53 Å². The van der Waals surface area contributed by atoms with E-state index in [-0.39, 0.29) is 11.5 Å². The van der Waals surface area contributed by atoms with E-state index in [1.807, 2.05) is 6.92 Å². The normalized spacial score (nSPS) is 14.0. The average Bonchev–Trinajstić information content (AvgIpc) is 2.23. The number of hydrogen-bond donors (Lipinski definition) is 0. The van der Waals surface area contributed by atoms with Crippen molar-refractivity contribution in [3.8, 4) is 0 Å². The number of rotatable bonds is 7. The maximum absolute atomic E-state index is 10.9. The molecule has 0 rings (SSSR count). The van der Waals surface area contributed by atoms with Crippen molar-refractivity contribution >= 4 is 5.97 Å². The van der Waals surface area contributed by atoms with E-state index in [2.05, 4.69) is 6.58 Å². The van der Waals surface area contributed by atoms with Crippen molar-refractivity contribution in [1.29, 1.82) is 0 Å². The molecule has 0 radical (unpaired) electrons. The smallest absolute Gasteiger partial charge is 0.330 e. The molecule has 0 aliphatic rings. The third-order valence-corrected chi connectivity index (χ3v) is 2.41. The van der Waals surface area contributed by atoms with Gasteiger partial charge in [-0.15, -0.1) is 0 Å². The monoisotopic (exact) mass is 215 g/mol. The first kappa shape index (κ1) is 13.6. The Morgan fingerprint density at radius 3 is 2.53 bits per heavy atom. The van der Waals surface area contributed by atoms with Crippen molar-refractivity contribution < 1.29 is 14.5 Å². The fourth-order valence-corrected chi connectivity index (χ4v) is 1.35. The number of carbonyl (C=O) groups excluding carboxylic acids is 1. The van der Waals surface area contributed by atoms with E-state index in [1.54, 1.807) is 6.92 Å². The minimum absolute atomic E-state index is 0.185. The van der Waals surface area contributed by atoms with E-state index in [9.17, 15) is 14.9 Å². The molecule has 5 heteroatoms. The van der Waals surface area contributed by atoms with Crippen molar-refractivity contribution in [3.63, 3.8) is 0 Å². The molecule has 15 heavy (non-hydrogen) atoms. The molecule has 0 fully saturated rings. The van der Waals surface area contributed by atoms with Crippen LogP contribution in [0.3, 0.4) is 0 Å². The van der Waals surface area contributed by atoms with Gasteiger partial charge in [-0.3, -0.25) is 10.1 Å². The first-order valence-corrected chi connectivity index (χ1v) is 4.96. The van der Waals surface area contributed by atoms with Gasteiger partial charge < -0.3 is 4.74 Å². The number of ether oxygens (including phenoxy) is 1. The molecule has 0 N–H and O–H groups in total. The summed E-state index contributed by atoms with van der Waals surface area (Å²) in [6.07, 6.45) is 2.44. The summed E-state index contributed by atoms with van der Waals surface area (Å²) in [5.41, 5.74) is -1.15. The minimum atomic E-state index is -1.15. The van der Waals surface area contributed by atoms with E-state index >= 15 is 0 Å². The van der Waals surface area contributed by atoms with Gasteiger partial charge in [-0.25, -0.2) is 4.79 Å². The summed E-state index contributed by atoms with van der Waals surface area (Å²) in [4.78, 5) is 21.4. The molecule has 5 nitrogen and oxygen atoms in total. The molecule has 0 aromatic heterocycles. The second kappa shape index (κ2) is 6.16. The summed E-state index contributed by atoms with van der Waals surface area (Å²) in [6.45, 7) is 6.63. The molecule has 0 aliphatic heterocycles. The molecule has 0 aliphatic carbocycles. The second-order valence-corrected chi connectivity index (χ2v) is 3.40. The zero-order valence-corrected chi connectivity index (χ0v) is 9.19. The Bertz CT molecular complexity index is 252. The van der Waals surface area contributed by atoms with Crippen LogP contribution in [0.4, 0.5) is 0 Å². The molecular formula is C10H17NO4. The highest BCUT2D eigenvalue weighted by molar-refractivity contribution is 5.81. The third kappa shape index (κ3) is 3.69. The highest BCUT2D eigenvalue weighted by Gasteiger charge is 2.41. The highest BCUT2D eigenvalue weighted by atomic mass is 16.6. The Morgan fingerprint density at radius 1 is 1.60 bits per heavy atom. The number of nitro groups is 1. The van der Waals surface area contributed by atoms with Crippen LogP contribution in [0.5, 0.6) is 0 Å². The van der Waals surface area contributed by atoms with Crippen LogP contribution in [0.1, 0.15) is 33.1 Å². The van der Waals surface area contributed by atoms with Crippen molar-refractivity contribution in [2.75, 3.05) is 6.61 Å². The van der Waals surface area contributed by atoms with Gasteiger partial charge in [0.25, 0.3) is 5.54 Å². The number of nitrogens with zero attached hydrogens (tertiary/aromatic N) is 1. The maximum Gasteiger partial charge on any atom is 0.330 e. The molecule has 0 amide bonds. The van der Waals surface area contributed by atoms with E-state index in [4.69, 9.17) is 4.74 Å². The molecule has 0 aromatic carbocycles. The van der Waals surface area contributed by atoms with Gasteiger partial charge in [-0.1, -0.05) is 20.4 Å². The fraction of sp³-hybridized carbons (Fsp3) is 0.700. The van der Waals surface area contributed by atoms with Crippen LogP contribution >= 0.6 is 0 Å². The van der Waals surface area contributed by atoms with Crippen molar-refractivity contribution in [2.45, 2.75) is 38.6 Å². The number of esters is 1. The predicted octanol–water partition coefficient (Wildman–Crippen LogP) is 1.94. The summed E-state index contributed by atoms with van der Waals surface area (Å²) in [5, 5.41) is 10.9. The quantitative estimate of drug-likeness (QED) is 0.281. The summed E-state index contributed by atoms with van der Waals surface area (Å²) in [6, 6.07) is 0. The lowest BCUT2D eigenvalue weighted by Gasteiger charge is -2.22. The van der Waals surface area contributed by atoms with Gasteiger partial charge in [0.1, 0.15) is 0 Å². The van der Waals surface area contributed by atoms with Crippen molar-refractivity contribution in [3.05, 3.63) is 22.8 Å². The average molecular weight is 215 g/mol. The Balaban J connectivity index is 4.54. The van der Waals surface area contributed by atoms with Gasteiger partial charge in [0, 0.05) is 23.8 Å².